The zero-order valence-corrected chi connectivity index (χ0v) is 11.3. The second kappa shape index (κ2) is 6.33. The fourth-order valence-electron chi connectivity index (χ4n) is 1.64. The average Bonchev–Trinajstić information content (AvgIpc) is 2.90. The summed E-state index contributed by atoms with van der Waals surface area (Å²) in [6.45, 7) is 5.28. The van der Waals surface area contributed by atoms with E-state index < -0.39 is 0 Å². The number of aromatic nitrogens is 4. The lowest BCUT2D eigenvalue weighted by Gasteiger charge is -2.11. The van der Waals surface area contributed by atoms with Crippen molar-refractivity contribution in [3.8, 4) is 0 Å². The maximum Gasteiger partial charge on any atom is 0.226 e. The minimum Gasteiger partial charge on any atom is -0.391 e. The van der Waals surface area contributed by atoms with E-state index in [1.165, 1.54) is 0 Å². The summed E-state index contributed by atoms with van der Waals surface area (Å²) in [4.78, 5) is 15.9. The maximum absolute atomic E-state index is 9.61. The molecule has 4 N–H and O–H groups in total. The summed E-state index contributed by atoms with van der Waals surface area (Å²) in [6, 6.07) is 0. The molecule has 2 aromatic heterocycles. The number of anilines is 2. The van der Waals surface area contributed by atoms with E-state index in [0.717, 1.165) is 18.5 Å². The zero-order chi connectivity index (χ0) is 13.7. The molecule has 0 aliphatic carbocycles. The fourth-order valence-corrected chi connectivity index (χ4v) is 1.64. The SMILES string of the molecule is CCCNc1nc(NCC(O)CC)c2[nH]cnc2n1. The first-order chi connectivity index (χ1) is 9.24. The highest BCUT2D eigenvalue weighted by molar-refractivity contribution is 5.83. The first kappa shape index (κ1) is 13.5. The molecule has 2 heterocycles. The summed E-state index contributed by atoms with van der Waals surface area (Å²) in [5.41, 5.74) is 1.37. The molecular weight excluding hydrogens is 244 g/mol. The lowest BCUT2D eigenvalue weighted by atomic mass is 10.3. The van der Waals surface area contributed by atoms with Crippen LogP contribution in [0.4, 0.5) is 11.8 Å². The molecule has 2 rings (SSSR count). The van der Waals surface area contributed by atoms with E-state index in [9.17, 15) is 5.11 Å². The second-order valence-corrected chi connectivity index (χ2v) is 4.37. The molecule has 19 heavy (non-hydrogen) atoms. The molecule has 0 saturated carbocycles. The van der Waals surface area contributed by atoms with Gasteiger partial charge in [0.2, 0.25) is 5.95 Å². The molecule has 0 bridgehead atoms. The molecule has 0 fully saturated rings. The third kappa shape index (κ3) is 3.31. The van der Waals surface area contributed by atoms with E-state index in [1.807, 2.05) is 6.92 Å². The van der Waals surface area contributed by atoms with Gasteiger partial charge in [0.15, 0.2) is 11.5 Å². The van der Waals surface area contributed by atoms with Gasteiger partial charge in [0, 0.05) is 13.1 Å². The van der Waals surface area contributed by atoms with Crippen LogP contribution in [0.15, 0.2) is 6.33 Å². The number of hydrogen-bond donors (Lipinski definition) is 4. The van der Waals surface area contributed by atoms with Crippen molar-refractivity contribution in [3.63, 3.8) is 0 Å². The van der Waals surface area contributed by atoms with E-state index in [4.69, 9.17) is 0 Å². The van der Waals surface area contributed by atoms with Crippen LogP contribution >= 0.6 is 0 Å². The lowest BCUT2D eigenvalue weighted by molar-refractivity contribution is 0.183. The van der Waals surface area contributed by atoms with Gasteiger partial charge in [-0.2, -0.15) is 9.97 Å². The van der Waals surface area contributed by atoms with Crippen molar-refractivity contribution in [2.24, 2.45) is 0 Å². The molecule has 0 aliphatic rings. The van der Waals surface area contributed by atoms with Crippen molar-refractivity contribution in [3.05, 3.63) is 6.33 Å². The molecule has 1 unspecified atom stereocenters. The van der Waals surface area contributed by atoms with E-state index in [0.29, 0.717) is 30.4 Å². The number of nitrogens with zero attached hydrogens (tertiary/aromatic N) is 3. The van der Waals surface area contributed by atoms with Crippen molar-refractivity contribution in [1.82, 2.24) is 19.9 Å². The van der Waals surface area contributed by atoms with E-state index >= 15 is 0 Å². The van der Waals surface area contributed by atoms with Gasteiger partial charge in [-0.05, 0) is 12.8 Å². The van der Waals surface area contributed by atoms with Crippen molar-refractivity contribution in [2.75, 3.05) is 23.7 Å². The van der Waals surface area contributed by atoms with Gasteiger partial charge in [0.25, 0.3) is 0 Å². The molecule has 0 saturated heterocycles. The van der Waals surface area contributed by atoms with Gasteiger partial charge >= 0.3 is 0 Å². The van der Waals surface area contributed by atoms with Crippen LogP contribution in [0.25, 0.3) is 11.2 Å². The summed E-state index contributed by atoms with van der Waals surface area (Å²) in [5, 5.41) is 15.9. The minimum atomic E-state index is -0.389. The first-order valence-electron chi connectivity index (χ1n) is 6.61. The fraction of sp³-hybridized carbons (Fsp3) is 0.583. The van der Waals surface area contributed by atoms with E-state index in [2.05, 4.69) is 37.5 Å². The van der Waals surface area contributed by atoms with Crippen LogP contribution in [0.1, 0.15) is 26.7 Å². The number of aromatic amines is 1. The molecule has 7 nitrogen and oxygen atoms in total. The van der Waals surface area contributed by atoms with E-state index in [-0.39, 0.29) is 6.10 Å². The smallest absolute Gasteiger partial charge is 0.226 e. The number of nitrogens with one attached hydrogen (secondary N) is 3. The van der Waals surface area contributed by atoms with Crippen molar-refractivity contribution in [1.29, 1.82) is 0 Å². The number of rotatable bonds is 7. The quantitative estimate of drug-likeness (QED) is 0.602. The number of fused-ring (bicyclic) bond motifs is 1. The van der Waals surface area contributed by atoms with Crippen LogP contribution in [0.3, 0.4) is 0 Å². The Hall–Kier alpha value is -1.89. The molecular formula is C12H20N6O. The molecule has 0 aliphatic heterocycles. The Labute approximate surface area is 111 Å². The van der Waals surface area contributed by atoms with E-state index in [1.54, 1.807) is 6.33 Å². The Balaban J connectivity index is 2.21. The van der Waals surface area contributed by atoms with Crippen molar-refractivity contribution in [2.45, 2.75) is 32.8 Å². The number of aliphatic hydroxyl groups excluding tert-OH is 1. The standard InChI is InChI=1S/C12H20N6O/c1-3-5-13-12-17-10(14-6-8(19)4-2)9-11(18-12)16-7-15-9/h7-8,19H,3-6H2,1-2H3,(H3,13,14,15,16,17,18). The van der Waals surface area contributed by atoms with Crippen LogP contribution < -0.4 is 10.6 Å². The molecule has 2 aromatic rings. The van der Waals surface area contributed by atoms with Gasteiger partial charge in [-0.15, -0.1) is 0 Å². The van der Waals surface area contributed by atoms with Crippen LogP contribution in [0, 0.1) is 0 Å². The van der Waals surface area contributed by atoms with Crippen LogP contribution in [-0.2, 0) is 0 Å². The van der Waals surface area contributed by atoms with Crippen LogP contribution in [0.5, 0.6) is 0 Å². The Bertz CT molecular complexity index is 526. The van der Waals surface area contributed by atoms with Gasteiger partial charge in [-0.3, -0.25) is 0 Å². The Kier molecular flexibility index (Phi) is 4.51. The van der Waals surface area contributed by atoms with Gasteiger partial charge in [-0.25, -0.2) is 4.98 Å². The third-order valence-electron chi connectivity index (χ3n) is 2.80. The van der Waals surface area contributed by atoms with Gasteiger partial charge in [0.1, 0.15) is 5.52 Å². The first-order valence-corrected chi connectivity index (χ1v) is 6.61. The summed E-state index contributed by atoms with van der Waals surface area (Å²) < 4.78 is 0. The van der Waals surface area contributed by atoms with Crippen molar-refractivity contribution < 1.29 is 5.11 Å². The molecule has 0 amide bonds. The molecule has 1 atom stereocenters. The van der Waals surface area contributed by atoms with Gasteiger partial charge < -0.3 is 20.7 Å². The molecule has 7 heteroatoms. The highest BCUT2D eigenvalue weighted by Gasteiger charge is 2.10. The number of aliphatic hydroxyl groups is 1. The number of H-pyrrole nitrogens is 1. The summed E-state index contributed by atoms with van der Waals surface area (Å²) in [5.74, 6) is 1.21. The zero-order valence-electron chi connectivity index (χ0n) is 11.3. The lowest BCUT2D eigenvalue weighted by Crippen LogP contribution is -2.19. The van der Waals surface area contributed by atoms with Crippen molar-refractivity contribution >= 4 is 22.9 Å². The highest BCUT2D eigenvalue weighted by Crippen LogP contribution is 2.18. The van der Waals surface area contributed by atoms with Gasteiger partial charge in [-0.1, -0.05) is 13.8 Å². The van der Waals surface area contributed by atoms with Crippen LogP contribution in [0.2, 0.25) is 0 Å². The Morgan fingerprint density at radius 3 is 2.89 bits per heavy atom. The summed E-state index contributed by atoms with van der Waals surface area (Å²) in [7, 11) is 0. The topological polar surface area (TPSA) is 98.8 Å². The number of imidazole rings is 1. The highest BCUT2D eigenvalue weighted by atomic mass is 16.3. The Morgan fingerprint density at radius 2 is 2.16 bits per heavy atom. The number of hydrogen-bond acceptors (Lipinski definition) is 6. The molecule has 0 radical (unpaired) electrons. The predicted octanol–water partition coefficient (Wildman–Crippen LogP) is 1.36. The molecule has 0 aromatic carbocycles. The summed E-state index contributed by atoms with van der Waals surface area (Å²) in [6.07, 6.45) is 2.90. The normalized spacial score (nSPS) is 12.6. The Morgan fingerprint density at radius 1 is 1.32 bits per heavy atom. The molecule has 0 spiro atoms. The van der Waals surface area contributed by atoms with Crippen LogP contribution in [-0.4, -0.2) is 44.2 Å². The maximum atomic E-state index is 9.61. The predicted molar refractivity (Wildman–Crippen MR) is 75.3 cm³/mol. The third-order valence-corrected chi connectivity index (χ3v) is 2.80. The summed E-state index contributed by atoms with van der Waals surface area (Å²) >= 11 is 0. The van der Waals surface area contributed by atoms with Gasteiger partial charge in [0.05, 0.1) is 12.4 Å². The monoisotopic (exact) mass is 264 g/mol. The average molecular weight is 264 g/mol. The second-order valence-electron chi connectivity index (χ2n) is 4.37. The largest absolute Gasteiger partial charge is 0.391 e. The molecule has 104 valence electrons. The minimum absolute atomic E-state index is 0.389.